The highest BCUT2D eigenvalue weighted by molar-refractivity contribution is 5.78. The number of aryl methyl sites for hydroxylation is 1. The molecule has 0 saturated heterocycles. The third-order valence-electron chi connectivity index (χ3n) is 3.97. The fourth-order valence-corrected chi connectivity index (χ4v) is 2.60. The molecule has 23 heavy (non-hydrogen) atoms. The highest BCUT2D eigenvalue weighted by atomic mass is 16.5. The van der Waals surface area contributed by atoms with Crippen LogP contribution in [0, 0.1) is 0 Å². The minimum absolute atomic E-state index is 0.406. The molecule has 1 N–H and O–H groups in total. The Bertz CT molecular complexity index is 662. The van der Waals surface area contributed by atoms with Gasteiger partial charge >= 0.3 is 5.97 Å². The maximum atomic E-state index is 11.8. The average Bonchev–Trinajstić information content (AvgIpc) is 2.59. The molecule has 2 aromatic rings. The quantitative estimate of drug-likeness (QED) is 0.847. The van der Waals surface area contributed by atoms with Crippen molar-refractivity contribution in [2.45, 2.75) is 25.7 Å². The van der Waals surface area contributed by atoms with E-state index in [0.717, 1.165) is 28.9 Å². The number of rotatable bonds is 7. The molecule has 0 fully saturated rings. The number of carboxylic acid groups (broad SMARTS) is 1. The lowest BCUT2D eigenvalue weighted by atomic mass is 9.90. The molecule has 0 aromatic heterocycles. The summed E-state index contributed by atoms with van der Waals surface area (Å²) in [4.78, 5) is 11.8. The molecule has 4 nitrogen and oxygen atoms in total. The number of aliphatic carboxylic acids is 1. The number of carboxylic acids is 1. The van der Waals surface area contributed by atoms with E-state index in [0.29, 0.717) is 12.2 Å². The van der Waals surface area contributed by atoms with Crippen LogP contribution in [0.4, 0.5) is 0 Å². The molecule has 1 atom stereocenters. The summed E-state index contributed by atoms with van der Waals surface area (Å²) in [5.74, 6) is -0.133. The van der Waals surface area contributed by atoms with Gasteiger partial charge in [-0.15, -0.1) is 0 Å². The molecule has 0 aliphatic carbocycles. The maximum Gasteiger partial charge on any atom is 0.311 e. The van der Waals surface area contributed by atoms with Crippen LogP contribution in [0.15, 0.2) is 42.5 Å². The van der Waals surface area contributed by atoms with Crippen molar-refractivity contribution in [3.05, 3.63) is 59.2 Å². The van der Waals surface area contributed by atoms with Gasteiger partial charge in [0.2, 0.25) is 0 Å². The molecule has 0 bridgehead atoms. The summed E-state index contributed by atoms with van der Waals surface area (Å²) in [7, 11) is 3.17. The second-order valence-corrected chi connectivity index (χ2v) is 5.37. The lowest BCUT2D eigenvalue weighted by Crippen LogP contribution is -2.16. The molecular weight excluding hydrogens is 292 g/mol. The number of carbonyl (C=O) groups is 1. The Kier molecular flexibility index (Phi) is 5.63. The predicted octanol–water partition coefficient (Wildman–Crippen LogP) is 3.68. The van der Waals surface area contributed by atoms with E-state index in [1.807, 2.05) is 49.4 Å². The van der Waals surface area contributed by atoms with Crippen molar-refractivity contribution >= 4 is 5.97 Å². The second-order valence-electron chi connectivity index (χ2n) is 5.37. The van der Waals surface area contributed by atoms with Crippen LogP contribution in [0.3, 0.4) is 0 Å². The van der Waals surface area contributed by atoms with Crippen LogP contribution in [0.25, 0.3) is 0 Å². The number of methoxy groups -OCH3 is 2. The number of hydrogen-bond acceptors (Lipinski definition) is 3. The van der Waals surface area contributed by atoms with Crippen molar-refractivity contribution in [3.63, 3.8) is 0 Å². The molecule has 0 heterocycles. The number of benzene rings is 2. The zero-order valence-electron chi connectivity index (χ0n) is 13.7. The summed E-state index contributed by atoms with van der Waals surface area (Å²) in [6.07, 6.45) is 1.26. The van der Waals surface area contributed by atoms with Gasteiger partial charge in [0.25, 0.3) is 0 Å². The van der Waals surface area contributed by atoms with Crippen LogP contribution >= 0.6 is 0 Å². The van der Waals surface area contributed by atoms with E-state index in [9.17, 15) is 9.90 Å². The first-order valence-corrected chi connectivity index (χ1v) is 7.61. The number of ether oxygens (including phenoxy) is 2. The van der Waals surface area contributed by atoms with Gasteiger partial charge < -0.3 is 14.6 Å². The molecule has 4 heteroatoms. The van der Waals surface area contributed by atoms with Gasteiger partial charge in [-0.25, -0.2) is 0 Å². The van der Waals surface area contributed by atoms with Crippen LogP contribution in [0.5, 0.6) is 11.5 Å². The first-order valence-electron chi connectivity index (χ1n) is 7.61. The first-order chi connectivity index (χ1) is 11.1. The normalized spacial score (nSPS) is 11.8. The highest BCUT2D eigenvalue weighted by Crippen LogP contribution is 2.31. The topological polar surface area (TPSA) is 55.8 Å². The molecule has 0 aliphatic heterocycles. The largest absolute Gasteiger partial charge is 0.497 e. The summed E-state index contributed by atoms with van der Waals surface area (Å²) in [5, 5.41) is 9.69. The van der Waals surface area contributed by atoms with Crippen molar-refractivity contribution in [2.75, 3.05) is 14.2 Å². The fraction of sp³-hybridized carbons (Fsp3) is 0.316. The minimum Gasteiger partial charge on any atom is -0.497 e. The van der Waals surface area contributed by atoms with Crippen molar-refractivity contribution in [3.8, 4) is 11.5 Å². The van der Waals surface area contributed by atoms with E-state index in [1.54, 1.807) is 14.2 Å². The predicted molar refractivity (Wildman–Crippen MR) is 89.4 cm³/mol. The molecule has 0 spiro atoms. The van der Waals surface area contributed by atoms with Gasteiger partial charge in [-0.05, 0) is 42.2 Å². The van der Waals surface area contributed by atoms with Gasteiger partial charge in [0, 0.05) is 5.56 Å². The third-order valence-corrected chi connectivity index (χ3v) is 3.97. The minimum atomic E-state index is -0.854. The van der Waals surface area contributed by atoms with Gasteiger partial charge in [0.1, 0.15) is 11.5 Å². The molecular formula is C19H22O4. The van der Waals surface area contributed by atoms with Crippen molar-refractivity contribution < 1.29 is 19.4 Å². The Morgan fingerprint density at radius 2 is 1.70 bits per heavy atom. The molecule has 2 rings (SSSR count). The molecule has 1 unspecified atom stereocenters. The Labute approximate surface area is 136 Å². The van der Waals surface area contributed by atoms with Crippen LogP contribution in [-0.4, -0.2) is 25.3 Å². The Balaban J connectivity index is 2.35. The first kappa shape index (κ1) is 16.9. The van der Waals surface area contributed by atoms with E-state index in [-0.39, 0.29) is 0 Å². The lowest BCUT2D eigenvalue weighted by Gasteiger charge is -2.17. The maximum absolute atomic E-state index is 11.8. The Morgan fingerprint density at radius 1 is 1.04 bits per heavy atom. The van der Waals surface area contributed by atoms with Crippen molar-refractivity contribution in [1.29, 1.82) is 0 Å². The SMILES string of the molecule is CCc1ccc(OC)c(C(Cc2ccc(OC)cc2)C(=O)O)c1. The Hall–Kier alpha value is -2.49. The summed E-state index contributed by atoms with van der Waals surface area (Å²) in [6.45, 7) is 2.05. The van der Waals surface area contributed by atoms with E-state index >= 15 is 0 Å². The molecule has 0 saturated carbocycles. The molecule has 0 amide bonds. The van der Waals surface area contributed by atoms with E-state index in [1.165, 1.54) is 0 Å². The van der Waals surface area contributed by atoms with E-state index in [4.69, 9.17) is 9.47 Å². The standard InChI is InChI=1S/C19H22O4/c1-4-13-7-10-18(23-3)16(11-13)17(19(20)21)12-14-5-8-15(22-2)9-6-14/h5-11,17H,4,12H2,1-3H3,(H,20,21). The summed E-state index contributed by atoms with van der Waals surface area (Å²) in [5.41, 5.74) is 2.76. The summed E-state index contributed by atoms with van der Waals surface area (Å²) < 4.78 is 10.5. The average molecular weight is 314 g/mol. The van der Waals surface area contributed by atoms with Crippen LogP contribution in [0.1, 0.15) is 29.5 Å². The van der Waals surface area contributed by atoms with Gasteiger partial charge in [-0.1, -0.05) is 31.2 Å². The van der Waals surface area contributed by atoms with Crippen LogP contribution in [-0.2, 0) is 17.6 Å². The molecule has 0 radical (unpaired) electrons. The van der Waals surface area contributed by atoms with E-state index in [2.05, 4.69) is 0 Å². The fourth-order valence-electron chi connectivity index (χ4n) is 2.60. The van der Waals surface area contributed by atoms with Crippen LogP contribution in [0.2, 0.25) is 0 Å². The Morgan fingerprint density at radius 3 is 2.22 bits per heavy atom. The third kappa shape index (κ3) is 4.03. The molecule has 2 aromatic carbocycles. The summed E-state index contributed by atoms with van der Waals surface area (Å²) in [6, 6.07) is 13.2. The van der Waals surface area contributed by atoms with Crippen molar-refractivity contribution in [2.24, 2.45) is 0 Å². The molecule has 0 aliphatic rings. The summed E-state index contributed by atoms with van der Waals surface area (Å²) >= 11 is 0. The van der Waals surface area contributed by atoms with Gasteiger partial charge in [0.15, 0.2) is 0 Å². The van der Waals surface area contributed by atoms with Gasteiger partial charge in [0.05, 0.1) is 20.1 Å². The van der Waals surface area contributed by atoms with Crippen LogP contribution < -0.4 is 9.47 Å². The zero-order chi connectivity index (χ0) is 16.8. The van der Waals surface area contributed by atoms with Gasteiger partial charge in [-0.2, -0.15) is 0 Å². The highest BCUT2D eigenvalue weighted by Gasteiger charge is 2.24. The smallest absolute Gasteiger partial charge is 0.311 e. The lowest BCUT2D eigenvalue weighted by molar-refractivity contribution is -0.138. The second kappa shape index (κ2) is 7.68. The zero-order valence-corrected chi connectivity index (χ0v) is 13.7. The number of hydrogen-bond donors (Lipinski definition) is 1. The van der Waals surface area contributed by atoms with Crippen molar-refractivity contribution in [1.82, 2.24) is 0 Å². The van der Waals surface area contributed by atoms with Gasteiger partial charge in [-0.3, -0.25) is 4.79 Å². The van der Waals surface area contributed by atoms with E-state index < -0.39 is 11.9 Å². The monoisotopic (exact) mass is 314 g/mol. The molecule has 122 valence electrons.